The minimum Gasteiger partial charge on any atom is -0.372 e. The first kappa shape index (κ1) is 16.7. The second-order valence-corrected chi connectivity index (χ2v) is 8.26. The van der Waals surface area contributed by atoms with Crippen LogP contribution in [-0.2, 0) is 10.0 Å². The molecule has 0 spiro atoms. The van der Waals surface area contributed by atoms with Gasteiger partial charge in [-0.05, 0) is 42.9 Å². The van der Waals surface area contributed by atoms with E-state index in [4.69, 9.17) is 0 Å². The molecule has 0 aliphatic carbocycles. The third-order valence-corrected chi connectivity index (χ3v) is 6.28. The fraction of sp³-hybridized carbons (Fsp3) is 0.615. The van der Waals surface area contributed by atoms with Gasteiger partial charge < -0.3 is 5.32 Å². The Morgan fingerprint density at radius 1 is 1.33 bits per heavy atom. The van der Waals surface area contributed by atoms with E-state index in [9.17, 15) is 8.42 Å². The van der Waals surface area contributed by atoms with Crippen LogP contribution in [0.15, 0.2) is 21.6 Å². The lowest BCUT2D eigenvalue weighted by Gasteiger charge is -2.41. The van der Waals surface area contributed by atoms with Crippen molar-refractivity contribution in [2.75, 3.05) is 32.5 Å². The van der Waals surface area contributed by atoms with E-state index in [0.717, 1.165) is 0 Å². The Morgan fingerprint density at radius 2 is 1.90 bits per heavy atom. The molecule has 2 unspecified atom stereocenters. The smallest absolute Gasteiger partial charge is 0.246 e. The number of hydrogen-bond acceptors (Lipinski definition) is 5. The second kappa shape index (κ2) is 6.20. The van der Waals surface area contributed by atoms with Crippen LogP contribution in [0.3, 0.4) is 0 Å². The first-order valence-corrected chi connectivity index (χ1v) is 9.06. The molecule has 0 radical (unpaired) electrons. The number of rotatable bonds is 3. The van der Waals surface area contributed by atoms with Gasteiger partial charge in [-0.25, -0.2) is 13.4 Å². The normalized spacial score (nSPS) is 25.0. The van der Waals surface area contributed by atoms with Crippen molar-refractivity contribution in [3.63, 3.8) is 0 Å². The Balaban J connectivity index is 2.41. The zero-order chi connectivity index (χ0) is 15.8. The third-order valence-electron chi connectivity index (χ3n) is 4.00. The number of likely N-dealkylation sites (N-methyl/N-ethyl adjacent to an activating group) is 1. The highest BCUT2D eigenvalue weighted by Gasteiger charge is 2.35. The summed E-state index contributed by atoms with van der Waals surface area (Å²) in [5.74, 6) is 0.373. The molecular weight excluding hydrogens is 356 g/mol. The van der Waals surface area contributed by atoms with Crippen LogP contribution in [0, 0.1) is 0 Å². The molecule has 1 aliphatic heterocycles. The van der Waals surface area contributed by atoms with Gasteiger partial charge in [-0.1, -0.05) is 0 Å². The van der Waals surface area contributed by atoms with Crippen molar-refractivity contribution in [2.24, 2.45) is 0 Å². The van der Waals surface area contributed by atoms with Crippen LogP contribution in [0.4, 0.5) is 5.82 Å². The summed E-state index contributed by atoms with van der Waals surface area (Å²) in [4.78, 5) is 6.55. The fourth-order valence-electron chi connectivity index (χ4n) is 2.50. The summed E-state index contributed by atoms with van der Waals surface area (Å²) in [6.07, 6.45) is 1.58. The maximum atomic E-state index is 12.9. The molecule has 2 heterocycles. The van der Waals surface area contributed by atoms with Gasteiger partial charge in [-0.3, -0.25) is 4.90 Å². The molecular formula is C13H21BrN4O2S. The van der Waals surface area contributed by atoms with Gasteiger partial charge in [-0.2, -0.15) is 4.31 Å². The Morgan fingerprint density at radius 3 is 2.43 bits per heavy atom. The molecule has 1 saturated heterocycles. The molecule has 8 heteroatoms. The van der Waals surface area contributed by atoms with E-state index in [1.54, 1.807) is 23.6 Å². The number of pyridine rings is 1. The van der Waals surface area contributed by atoms with Crippen LogP contribution in [0.5, 0.6) is 0 Å². The minimum absolute atomic E-state index is 0.182. The maximum absolute atomic E-state index is 12.9. The van der Waals surface area contributed by atoms with Crippen molar-refractivity contribution in [1.82, 2.24) is 14.2 Å². The van der Waals surface area contributed by atoms with E-state index in [0.29, 0.717) is 23.4 Å². The van der Waals surface area contributed by atoms with Crippen LogP contribution in [0.2, 0.25) is 0 Å². The molecule has 2 rings (SSSR count). The summed E-state index contributed by atoms with van der Waals surface area (Å²) < 4.78 is 28.0. The number of piperazine rings is 1. The lowest BCUT2D eigenvalue weighted by atomic mass is 10.1. The van der Waals surface area contributed by atoms with E-state index in [-0.39, 0.29) is 17.0 Å². The zero-order valence-electron chi connectivity index (χ0n) is 12.7. The van der Waals surface area contributed by atoms with Crippen LogP contribution < -0.4 is 5.32 Å². The molecule has 0 bridgehead atoms. The Bertz CT molecular complexity index is 611. The van der Waals surface area contributed by atoms with Gasteiger partial charge in [0.25, 0.3) is 0 Å². The first-order chi connectivity index (χ1) is 9.77. The van der Waals surface area contributed by atoms with E-state index < -0.39 is 10.0 Å². The molecule has 1 aromatic rings. The van der Waals surface area contributed by atoms with Gasteiger partial charge in [0.15, 0.2) is 0 Å². The number of nitrogens with one attached hydrogen (secondary N) is 1. The predicted molar refractivity (Wildman–Crippen MR) is 86.9 cm³/mol. The average molecular weight is 377 g/mol. The van der Waals surface area contributed by atoms with Crippen molar-refractivity contribution in [3.8, 4) is 0 Å². The van der Waals surface area contributed by atoms with E-state index in [1.807, 2.05) is 20.9 Å². The van der Waals surface area contributed by atoms with E-state index in [1.165, 1.54) is 0 Å². The number of nitrogens with zero attached hydrogens (tertiary/aromatic N) is 3. The first-order valence-electron chi connectivity index (χ1n) is 6.82. The fourth-order valence-corrected chi connectivity index (χ4v) is 4.76. The van der Waals surface area contributed by atoms with E-state index >= 15 is 0 Å². The Hall–Kier alpha value is -0.700. The zero-order valence-corrected chi connectivity index (χ0v) is 15.1. The van der Waals surface area contributed by atoms with Gasteiger partial charge >= 0.3 is 0 Å². The van der Waals surface area contributed by atoms with Gasteiger partial charge in [0.2, 0.25) is 10.0 Å². The summed E-state index contributed by atoms with van der Waals surface area (Å²) in [5, 5.41) is 2.85. The molecule has 1 aliphatic rings. The van der Waals surface area contributed by atoms with Crippen LogP contribution in [-0.4, -0.2) is 61.9 Å². The Labute approximate surface area is 134 Å². The van der Waals surface area contributed by atoms with Gasteiger partial charge in [0, 0.05) is 42.9 Å². The van der Waals surface area contributed by atoms with Gasteiger partial charge in [-0.15, -0.1) is 0 Å². The average Bonchev–Trinajstić information content (AvgIpc) is 2.44. The topological polar surface area (TPSA) is 65.5 Å². The van der Waals surface area contributed by atoms with E-state index in [2.05, 4.69) is 31.1 Å². The predicted octanol–water partition coefficient (Wildman–Crippen LogP) is 1.60. The third kappa shape index (κ3) is 3.23. The Kier molecular flexibility index (Phi) is 4.92. The molecule has 0 amide bonds. The summed E-state index contributed by atoms with van der Waals surface area (Å²) in [5.41, 5.74) is 0. The van der Waals surface area contributed by atoms with Gasteiger partial charge in [0.05, 0.1) is 0 Å². The standard InChI is InChI=1S/C13H21BrN4O2S/c1-9-7-18(8-10(2)17(9)4)21(19,20)12-5-11(14)6-16-13(12)15-3/h5-6,9-10H,7-8H2,1-4H3,(H,15,16). The summed E-state index contributed by atoms with van der Waals surface area (Å²) in [6, 6.07) is 1.96. The number of anilines is 1. The van der Waals surface area contributed by atoms with Crippen molar-refractivity contribution >= 4 is 31.8 Å². The monoisotopic (exact) mass is 376 g/mol. The summed E-state index contributed by atoms with van der Waals surface area (Å²) in [6.45, 7) is 5.05. The van der Waals surface area contributed by atoms with Crippen molar-refractivity contribution < 1.29 is 8.42 Å². The lowest BCUT2D eigenvalue weighted by Crippen LogP contribution is -2.56. The largest absolute Gasteiger partial charge is 0.372 e. The van der Waals surface area contributed by atoms with Crippen LogP contribution in [0.25, 0.3) is 0 Å². The number of halogens is 1. The van der Waals surface area contributed by atoms with Crippen LogP contribution in [0.1, 0.15) is 13.8 Å². The van der Waals surface area contributed by atoms with Crippen molar-refractivity contribution in [1.29, 1.82) is 0 Å². The molecule has 2 atom stereocenters. The highest BCUT2D eigenvalue weighted by Crippen LogP contribution is 2.28. The highest BCUT2D eigenvalue weighted by atomic mass is 79.9. The molecule has 0 aromatic carbocycles. The molecule has 21 heavy (non-hydrogen) atoms. The molecule has 1 fully saturated rings. The van der Waals surface area contributed by atoms with Crippen molar-refractivity contribution in [3.05, 3.63) is 16.7 Å². The number of sulfonamides is 1. The maximum Gasteiger partial charge on any atom is 0.246 e. The minimum atomic E-state index is -3.56. The molecule has 0 saturated carbocycles. The molecule has 1 aromatic heterocycles. The quantitative estimate of drug-likeness (QED) is 0.867. The summed E-state index contributed by atoms with van der Waals surface area (Å²) >= 11 is 3.29. The molecule has 6 nitrogen and oxygen atoms in total. The molecule has 118 valence electrons. The summed E-state index contributed by atoms with van der Waals surface area (Å²) in [7, 11) is 0.133. The molecule has 1 N–H and O–H groups in total. The lowest BCUT2D eigenvalue weighted by molar-refractivity contribution is 0.105. The number of aromatic nitrogens is 1. The SMILES string of the molecule is CNc1ncc(Br)cc1S(=O)(=O)N1CC(C)N(C)C(C)C1. The van der Waals surface area contributed by atoms with Crippen LogP contribution >= 0.6 is 15.9 Å². The number of hydrogen-bond donors (Lipinski definition) is 1. The van der Waals surface area contributed by atoms with Crippen molar-refractivity contribution in [2.45, 2.75) is 30.8 Å². The van der Waals surface area contributed by atoms with Gasteiger partial charge in [0.1, 0.15) is 10.7 Å². The second-order valence-electron chi connectivity index (χ2n) is 5.44. The highest BCUT2D eigenvalue weighted by molar-refractivity contribution is 9.10.